The van der Waals surface area contributed by atoms with Crippen molar-refractivity contribution < 1.29 is 14.1 Å². The van der Waals surface area contributed by atoms with Crippen molar-refractivity contribution in [3.05, 3.63) is 24.0 Å². The molecule has 1 aromatic carbocycles. The molecular weight excluding hydrogens is 265 g/mol. The summed E-state index contributed by atoms with van der Waals surface area (Å²) >= 11 is 1.34. The Kier molecular flexibility index (Phi) is 4.11. The van der Waals surface area contributed by atoms with E-state index < -0.39 is 0 Å². The second-order valence-corrected chi connectivity index (χ2v) is 5.72. The van der Waals surface area contributed by atoms with Crippen LogP contribution < -0.4 is 9.80 Å². The van der Waals surface area contributed by atoms with E-state index in [1.807, 2.05) is 20.2 Å². The molecule has 0 fully saturated rings. The number of para-hydroxylation sites is 1. The van der Waals surface area contributed by atoms with Crippen LogP contribution in [0, 0.1) is 5.82 Å². The zero-order valence-electron chi connectivity index (χ0n) is 11.2. The Morgan fingerprint density at radius 2 is 2.21 bits per heavy atom. The summed E-state index contributed by atoms with van der Waals surface area (Å²) in [6.07, 6.45) is 0. The number of halogens is 1. The summed E-state index contributed by atoms with van der Waals surface area (Å²) in [4.78, 5) is 18.8. The first-order chi connectivity index (χ1) is 8.99. The number of hydrogen-bond donors (Lipinski definition) is 1. The van der Waals surface area contributed by atoms with Gasteiger partial charge in [0.15, 0.2) is 5.13 Å². The fourth-order valence-electron chi connectivity index (χ4n) is 1.74. The van der Waals surface area contributed by atoms with E-state index in [2.05, 4.69) is 4.98 Å². The van der Waals surface area contributed by atoms with Crippen molar-refractivity contribution >= 4 is 32.6 Å². The van der Waals surface area contributed by atoms with E-state index in [0.29, 0.717) is 17.2 Å². The number of anilines is 1. The highest BCUT2D eigenvalue weighted by atomic mass is 32.1. The summed E-state index contributed by atoms with van der Waals surface area (Å²) in [5, 5.41) is 0.564. The number of nitrogens with zero attached hydrogens (tertiary/aromatic N) is 2. The zero-order valence-corrected chi connectivity index (χ0v) is 12.1. The van der Waals surface area contributed by atoms with E-state index in [1.54, 1.807) is 11.0 Å². The maximum atomic E-state index is 13.6. The Bertz CT molecular complexity index is 597. The number of quaternary nitrogens is 1. The van der Waals surface area contributed by atoms with Crippen LogP contribution in [0.3, 0.4) is 0 Å². The minimum absolute atomic E-state index is 0.0688. The van der Waals surface area contributed by atoms with Gasteiger partial charge in [-0.15, -0.1) is 0 Å². The van der Waals surface area contributed by atoms with Crippen molar-refractivity contribution in [3.8, 4) is 0 Å². The van der Waals surface area contributed by atoms with Crippen LogP contribution in [0.1, 0.15) is 6.92 Å². The number of hydrogen-bond acceptors (Lipinski definition) is 3. The first-order valence-electron chi connectivity index (χ1n) is 6.11. The summed E-state index contributed by atoms with van der Waals surface area (Å²) in [5.41, 5.74) is 0.339. The molecule has 0 saturated heterocycles. The molecule has 1 N–H and O–H groups in total. The van der Waals surface area contributed by atoms with Gasteiger partial charge >= 0.3 is 0 Å². The minimum atomic E-state index is -0.346. The van der Waals surface area contributed by atoms with E-state index in [-0.39, 0.29) is 11.7 Å². The van der Waals surface area contributed by atoms with Gasteiger partial charge in [-0.25, -0.2) is 9.37 Å². The van der Waals surface area contributed by atoms with Crippen molar-refractivity contribution in [2.24, 2.45) is 0 Å². The summed E-state index contributed by atoms with van der Waals surface area (Å²) in [6, 6.07) is 4.85. The summed E-state index contributed by atoms with van der Waals surface area (Å²) < 4.78 is 14.4. The van der Waals surface area contributed by atoms with Crippen LogP contribution in [0.2, 0.25) is 0 Å². The molecule has 0 aliphatic carbocycles. The first kappa shape index (κ1) is 13.9. The van der Waals surface area contributed by atoms with E-state index in [1.165, 1.54) is 29.2 Å². The largest absolute Gasteiger partial charge is 0.338 e. The average molecular weight is 282 g/mol. The molecule has 2 aromatic rings. The molecule has 0 radical (unpaired) electrons. The summed E-state index contributed by atoms with van der Waals surface area (Å²) in [5.74, 6) is -0.414. The van der Waals surface area contributed by atoms with E-state index >= 15 is 0 Å². The highest BCUT2D eigenvalue weighted by Crippen LogP contribution is 2.30. The molecular formula is C13H17FN3OS+. The predicted molar refractivity (Wildman–Crippen MR) is 75.3 cm³/mol. The first-order valence-corrected chi connectivity index (χ1v) is 6.93. The Morgan fingerprint density at radius 1 is 1.47 bits per heavy atom. The molecule has 2 rings (SSSR count). The van der Waals surface area contributed by atoms with E-state index in [9.17, 15) is 9.18 Å². The number of carbonyl (C=O) groups is 1. The molecule has 19 heavy (non-hydrogen) atoms. The molecule has 1 amide bonds. The smallest absolute Gasteiger partial charge is 0.225 e. The predicted octanol–water partition coefficient (Wildman–Crippen LogP) is 0.933. The summed E-state index contributed by atoms with van der Waals surface area (Å²) in [6.45, 7) is 2.91. The SMILES string of the molecule is CC(=O)N(CC[NH+](C)C)c1nc2c(F)cccc2s1. The van der Waals surface area contributed by atoms with Crippen molar-refractivity contribution in [2.45, 2.75) is 6.92 Å². The zero-order chi connectivity index (χ0) is 14.0. The molecule has 0 spiro atoms. The molecule has 0 unspecified atom stereocenters. The molecule has 0 bridgehead atoms. The maximum Gasteiger partial charge on any atom is 0.225 e. The van der Waals surface area contributed by atoms with Gasteiger partial charge in [-0.2, -0.15) is 0 Å². The number of benzene rings is 1. The van der Waals surface area contributed by atoms with Gasteiger partial charge in [-0.3, -0.25) is 9.69 Å². The molecule has 0 saturated carbocycles. The number of likely N-dealkylation sites (N-methyl/N-ethyl adjacent to an activating group) is 1. The van der Waals surface area contributed by atoms with Crippen LogP contribution >= 0.6 is 11.3 Å². The van der Waals surface area contributed by atoms with E-state index in [0.717, 1.165) is 11.2 Å². The van der Waals surface area contributed by atoms with Crippen LogP contribution in [-0.4, -0.2) is 38.1 Å². The molecule has 4 nitrogen and oxygen atoms in total. The van der Waals surface area contributed by atoms with Crippen LogP contribution in [0.5, 0.6) is 0 Å². The monoisotopic (exact) mass is 282 g/mol. The van der Waals surface area contributed by atoms with Crippen molar-refractivity contribution in [3.63, 3.8) is 0 Å². The number of nitrogens with one attached hydrogen (secondary N) is 1. The van der Waals surface area contributed by atoms with Gasteiger partial charge in [0.25, 0.3) is 0 Å². The lowest BCUT2D eigenvalue weighted by Crippen LogP contribution is -3.06. The Hall–Kier alpha value is -1.53. The number of fused-ring (bicyclic) bond motifs is 1. The quantitative estimate of drug-likeness (QED) is 0.906. The number of thiazole rings is 1. The fourth-order valence-corrected chi connectivity index (χ4v) is 2.79. The van der Waals surface area contributed by atoms with Crippen molar-refractivity contribution in [2.75, 3.05) is 32.1 Å². The lowest BCUT2D eigenvalue weighted by Gasteiger charge is -2.18. The lowest BCUT2D eigenvalue weighted by atomic mass is 10.3. The fraction of sp³-hybridized carbons (Fsp3) is 0.385. The molecule has 0 aliphatic rings. The van der Waals surface area contributed by atoms with E-state index in [4.69, 9.17) is 0 Å². The minimum Gasteiger partial charge on any atom is -0.338 e. The number of rotatable bonds is 4. The topological polar surface area (TPSA) is 37.6 Å². The molecule has 6 heteroatoms. The third-order valence-electron chi connectivity index (χ3n) is 2.80. The third kappa shape index (κ3) is 3.08. The highest BCUT2D eigenvalue weighted by Gasteiger charge is 2.18. The number of aromatic nitrogens is 1. The highest BCUT2D eigenvalue weighted by molar-refractivity contribution is 7.22. The van der Waals surface area contributed by atoms with Gasteiger partial charge in [-0.1, -0.05) is 17.4 Å². The van der Waals surface area contributed by atoms with Gasteiger partial charge in [0.2, 0.25) is 5.91 Å². The van der Waals surface area contributed by atoms with Crippen LogP contribution in [-0.2, 0) is 4.79 Å². The maximum absolute atomic E-state index is 13.6. The number of amides is 1. The molecule has 1 aromatic heterocycles. The Morgan fingerprint density at radius 3 is 2.79 bits per heavy atom. The molecule has 102 valence electrons. The second-order valence-electron chi connectivity index (χ2n) is 4.71. The Labute approximate surface area is 115 Å². The summed E-state index contributed by atoms with van der Waals surface area (Å²) in [7, 11) is 4.05. The third-order valence-corrected chi connectivity index (χ3v) is 3.85. The molecule has 0 aliphatic heterocycles. The lowest BCUT2D eigenvalue weighted by molar-refractivity contribution is -0.856. The molecule has 1 heterocycles. The van der Waals surface area contributed by atoms with Gasteiger partial charge in [0.1, 0.15) is 11.3 Å². The molecule has 0 atom stereocenters. The standard InChI is InChI=1S/C13H16FN3OS/c1-9(18)17(8-7-16(2)3)13-15-12-10(14)5-4-6-11(12)19-13/h4-6H,7-8H2,1-3H3/p+1. The van der Waals surface area contributed by atoms with Gasteiger partial charge in [-0.05, 0) is 12.1 Å². The van der Waals surface area contributed by atoms with Gasteiger partial charge < -0.3 is 4.90 Å². The average Bonchev–Trinajstić information content (AvgIpc) is 2.73. The van der Waals surface area contributed by atoms with Gasteiger partial charge in [0.05, 0.1) is 31.9 Å². The van der Waals surface area contributed by atoms with Crippen molar-refractivity contribution in [1.29, 1.82) is 0 Å². The normalized spacial score (nSPS) is 11.2. The van der Waals surface area contributed by atoms with Crippen molar-refractivity contribution in [1.82, 2.24) is 4.98 Å². The second kappa shape index (κ2) is 5.63. The van der Waals surface area contributed by atoms with Crippen LogP contribution in [0.25, 0.3) is 10.2 Å². The van der Waals surface area contributed by atoms with Gasteiger partial charge in [0, 0.05) is 6.92 Å². The van der Waals surface area contributed by atoms with Crippen LogP contribution in [0.4, 0.5) is 9.52 Å². The Balaban J connectivity index is 2.34. The van der Waals surface area contributed by atoms with Crippen LogP contribution in [0.15, 0.2) is 18.2 Å². The number of carbonyl (C=O) groups excluding carboxylic acids is 1.